The SMILES string of the molecule is Cn1nc2c(cc1=O)CN(CCc1ccccc1Cl)CC2. The van der Waals surface area contributed by atoms with Gasteiger partial charge in [0.05, 0.1) is 5.69 Å². The molecular weight excluding hydrogens is 286 g/mol. The average Bonchev–Trinajstić information content (AvgIpc) is 2.48. The van der Waals surface area contributed by atoms with E-state index in [0.29, 0.717) is 0 Å². The Morgan fingerprint density at radius 1 is 1.33 bits per heavy atom. The molecule has 110 valence electrons. The molecule has 0 saturated carbocycles. The molecule has 3 rings (SSSR count). The van der Waals surface area contributed by atoms with E-state index < -0.39 is 0 Å². The van der Waals surface area contributed by atoms with Gasteiger partial charge in [-0.05, 0) is 23.6 Å². The van der Waals surface area contributed by atoms with Crippen molar-refractivity contribution < 1.29 is 0 Å². The Hall–Kier alpha value is -1.65. The quantitative estimate of drug-likeness (QED) is 0.871. The first-order chi connectivity index (χ1) is 10.1. The fourth-order valence-electron chi connectivity index (χ4n) is 2.72. The molecule has 4 nitrogen and oxygen atoms in total. The van der Waals surface area contributed by atoms with Crippen LogP contribution in [0.25, 0.3) is 0 Å². The van der Waals surface area contributed by atoms with E-state index >= 15 is 0 Å². The van der Waals surface area contributed by atoms with Crippen molar-refractivity contribution >= 4 is 11.6 Å². The van der Waals surface area contributed by atoms with Gasteiger partial charge in [-0.3, -0.25) is 9.69 Å². The molecule has 0 atom stereocenters. The highest BCUT2D eigenvalue weighted by Crippen LogP contribution is 2.18. The summed E-state index contributed by atoms with van der Waals surface area (Å²) < 4.78 is 1.41. The second kappa shape index (κ2) is 6.00. The zero-order valence-electron chi connectivity index (χ0n) is 12.1. The third kappa shape index (κ3) is 3.17. The van der Waals surface area contributed by atoms with E-state index in [2.05, 4.69) is 16.1 Å². The fraction of sp³-hybridized carbons (Fsp3) is 0.375. The second-order valence-corrected chi connectivity index (χ2v) is 5.85. The summed E-state index contributed by atoms with van der Waals surface area (Å²) in [5.74, 6) is 0. The molecule has 0 saturated heterocycles. The van der Waals surface area contributed by atoms with Gasteiger partial charge in [0.15, 0.2) is 0 Å². The molecule has 1 aliphatic heterocycles. The van der Waals surface area contributed by atoms with Gasteiger partial charge in [0.25, 0.3) is 5.56 Å². The van der Waals surface area contributed by atoms with Gasteiger partial charge in [-0.25, -0.2) is 4.68 Å². The lowest BCUT2D eigenvalue weighted by Gasteiger charge is -2.28. The molecule has 1 aromatic carbocycles. The number of halogens is 1. The minimum atomic E-state index is -0.0401. The molecule has 0 amide bonds. The van der Waals surface area contributed by atoms with Crippen molar-refractivity contribution in [1.29, 1.82) is 0 Å². The Balaban J connectivity index is 1.68. The predicted molar refractivity (Wildman–Crippen MR) is 83.6 cm³/mol. The number of aryl methyl sites for hydroxylation is 1. The lowest BCUT2D eigenvalue weighted by atomic mass is 10.1. The third-order valence-corrected chi connectivity index (χ3v) is 4.34. The average molecular weight is 304 g/mol. The third-order valence-electron chi connectivity index (χ3n) is 3.97. The van der Waals surface area contributed by atoms with Crippen molar-refractivity contribution in [3.8, 4) is 0 Å². The van der Waals surface area contributed by atoms with Crippen molar-refractivity contribution in [3.05, 3.63) is 62.5 Å². The summed E-state index contributed by atoms with van der Waals surface area (Å²) in [6, 6.07) is 9.67. The van der Waals surface area contributed by atoms with Crippen LogP contribution in [0.15, 0.2) is 35.1 Å². The van der Waals surface area contributed by atoms with Crippen molar-refractivity contribution in [2.24, 2.45) is 7.05 Å². The predicted octanol–water partition coefficient (Wildman–Crippen LogP) is 2.03. The highest BCUT2D eigenvalue weighted by atomic mass is 35.5. The smallest absolute Gasteiger partial charge is 0.266 e. The van der Waals surface area contributed by atoms with Crippen LogP contribution >= 0.6 is 11.6 Å². The van der Waals surface area contributed by atoms with E-state index in [0.717, 1.165) is 48.8 Å². The van der Waals surface area contributed by atoms with E-state index in [-0.39, 0.29) is 5.56 Å². The summed E-state index contributed by atoms with van der Waals surface area (Å²) in [7, 11) is 1.70. The molecule has 0 bridgehead atoms. The Labute approximate surface area is 129 Å². The first kappa shape index (κ1) is 14.3. The molecule has 2 aromatic rings. The summed E-state index contributed by atoms with van der Waals surface area (Å²) in [5, 5.41) is 5.16. The lowest BCUT2D eigenvalue weighted by molar-refractivity contribution is 0.253. The normalized spacial score (nSPS) is 15.0. The minimum Gasteiger partial charge on any atom is -0.298 e. The maximum atomic E-state index is 11.7. The first-order valence-electron chi connectivity index (χ1n) is 7.15. The summed E-state index contributed by atoms with van der Waals surface area (Å²) >= 11 is 6.19. The number of hydrogen-bond acceptors (Lipinski definition) is 3. The Bertz CT molecular complexity index is 711. The van der Waals surface area contributed by atoms with Gasteiger partial charge in [0, 0.05) is 44.2 Å². The van der Waals surface area contributed by atoms with Gasteiger partial charge < -0.3 is 0 Å². The van der Waals surface area contributed by atoms with Gasteiger partial charge >= 0.3 is 0 Å². The van der Waals surface area contributed by atoms with Crippen LogP contribution < -0.4 is 5.56 Å². The van der Waals surface area contributed by atoms with Crippen molar-refractivity contribution in [2.75, 3.05) is 13.1 Å². The van der Waals surface area contributed by atoms with Gasteiger partial charge in [0.2, 0.25) is 0 Å². The summed E-state index contributed by atoms with van der Waals surface area (Å²) in [6.45, 7) is 2.71. The highest BCUT2D eigenvalue weighted by molar-refractivity contribution is 6.31. The molecule has 0 spiro atoms. The number of nitrogens with zero attached hydrogens (tertiary/aromatic N) is 3. The van der Waals surface area contributed by atoms with Crippen molar-refractivity contribution in [3.63, 3.8) is 0 Å². The van der Waals surface area contributed by atoms with Gasteiger partial charge in [0.1, 0.15) is 0 Å². The molecule has 0 fully saturated rings. The van der Waals surface area contributed by atoms with Crippen LogP contribution in [0.5, 0.6) is 0 Å². The number of benzene rings is 1. The maximum absolute atomic E-state index is 11.7. The zero-order valence-corrected chi connectivity index (χ0v) is 12.8. The topological polar surface area (TPSA) is 38.1 Å². The van der Waals surface area contributed by atoms with Gasteiger partial charge in [-0.1, -0.05) is 29.8 Å². The second-order valence-electron chi connectivity index (χ2n) is 5.45. The molecule has 0 N–H and O–H groups in total. The molecule has 5 heteroatoms. The summed E-state index contributed by atoms with van der Waals surface area (Å²) in [4.78, 5) is 14.0. The van der Waals surface area contributed by atoms with Gasteiger partial charge in [-0.15, -0.1) is 0 Å². The molecule has 1 aromatic heterocycles. The number of fused-ring (bicyclic) bond motifs is 1. The van der Waals surface area contributed by atoms with Crippen molar-refractivity contribution in [2.45, 2.75) is 19.4 Å². The number of rotatable bonds is 3. The largest absolute Gasteiger partial charge is 0.298 e. The Morgan fingerprint density at radius 2 is 2.14 bits per heavy atom. The molecule has 0 aliphatic carbocycles. The molecule has 1 aliphatic rings. The first-order valence-corrected chi connectivity index (χ1v) is 7.53. The van der Waals surface area contributed by atoms with E-state index in [1.807, 2.05) is 18.2 Å². The number of aromatic nitrogens is 2. The van der Waals surface area contributed by atoms with Crippen LogP contribution in [0, 0.1) is 0 Å². The van der Waals surface area contributed by atoms with Crippen LogP contribution in [-0.2, 0) is 26.4 Å². The van der Waals surface area contributed by atoms with Crippen LogP contribution in [0.2, 0.25) is 5.02 Å². The van der Waals surface area contributed by atoms with Crippen LogP contribution in [-0.4, -0.2) is 27.8 Å². The molecular formula is C16H18ClN3O. The maximum Gasteiger partial charge on any atom is 0.266 e. The molecule has 0 radical (unpaired) electrons. The van der Waals surface area contributed by atoms with Crippen LogP contribution in [0.4, 0.5) is 0 Å². The Morgan fingerprint density at radius 3 is 2.95 bits per heavy atom. The lowest BCUT2D eigenvalue weighted by Crippen LogP contribution is -2.35. The zero-order chi connectivity index (χ0) is 14.8. The van der Waals surface area contributed by atoms with Crippen LogP contribution in [0.3, 0.4) is 0 Å². The van der Waals surface area contributed by atoms with E-state index in [1.165, 1.54) is 10.2 Å². The summed E-state index contributed by atoms with van der Waals surface area (Å²) in [5.41, 5.74) is 3.24. The highest BCUT2D eigenvalue weighted by Gasteiger charge is 2.18. The number of hydrogen-bond donors (Lipinski definition) is 0. The minimum absolute atomic E-state index is 0.0401. The molecule has 21 heavy (non-hydrogen) atoms. The molecule has 2 heterocycles. The van der Waals surface area contributed by atoms with Crippen LogP contribution in [0.1, 0.15) is 16.8 Å². The Kier molecular flexibility index (Phi) is 4.08. The van der Waals surface area contributed by atoms with E-state index in [9.17, 15) is 4.79 Å². The molecule has 0 unspecified atom stereocenters. The standard InChI is InChI=1S/C16H18ClN3O/c1-19-16(21)10-13-11-20(9-7-15(13)18-19)8-6-12-4-2-3-5-14(12)17/h2-5,10H,6-9,11H2,1H3. The van der Waals surface area contributed by atoms with Gasteiger partial charge in [-0.2, -0.15) is 5.10 Å². The van der Waals surface area contributed by atoms with Crippen molar-refractivity contribution in [1.82, 2.24) is 14.7 Å². The monoisotopic (exact) mass is 303 g/mol. The van der Waals surface area contributed by atoms with E-state index in [1.54, 1.807) is 13.1 Å². The summed E-state index contributed by atoms with van der Waals surface area (Å²) in [6.07, 6.45) is 1.82. The van der Waals surface area contributed by atoms with E-state index in [4.69, 9.17) is 11.6 Å². The fourth-order valence-corrected chi connectivity index (χ4v) is 2.95.